The summed E-state index contributed by atoms with van der Waals surface area (Å²) < 4.78 is 41.6. The van der Waals surface area contributed by atoms with Gasteiger partial charge in [0.25, 0.3) is 0 Å². The number of nitriles is 1. The largest absolute Gasteiger partial charge is 0.317 e. The molecule has 1 fully saturated rings. The topological polar surface area (TPSA) is 91.9 Å². The van der Waals surface area contributed by atoms with E-state index in [1.165, 1.54) is 7.05 Å². The summed E-state index contributed by atoms with van der Waals surface area (Å²) in [5.74, 6) is 1.06. The lowest BCUT2D eigenvalue weighted by atomic mass is 10.2. The molecule has 0 radical (unpaired) electrons. The molecule has 0 bridgehead atoms. The summed E-state index contributed by atoms with van der Waals surface area (Å²) in [6, 6.07) is 4.81. The summed E-state index contributed by atoms with van der Waals surface area (Å²) in [7, 11) is -0.637. The average molecular weight is 349 g/mol. The molecule has 1 aromatic heterocycles. The molecule has 1 aliphatic rings. The number of hydrogen-bond donors (Lipinski definition) is 0. The Morgan fingerprint density at radius 2 is 2.12 bits per heavy atom. The van der Waals surface area contributed by atoms with Gasteiger partial charge in [0.15, 0.2) is 0 Å². The fraction of sp³-hybridized carbons (Fsp3) is 0.400. The molecule has 2 aromatic rings. The lowest BCUT2D eigenvalue weighted by Crippen LogP contribution is -2.28. The minimum absolute atomic E-state index is 0.0395. The Morgan fingerprint density at radius 1 is 1.42 bits per heavy atom. The summed E-state index contributed by atoms with van der Waals surface area (Å²) in [5, 5.41) is 17.0. The van der Waals surface area contributed by atoms with Gasteiger partial charge in [0.05, 0.1) is 17.0 Å². The van der Waals surface area contributed by atoms with Crippen LogP contribution in [0.4, 0.5) is 4.39 Å². The fourth-order valence-corrected chi connectivity index (χ4v) is 3.58. The van der Waals surface area contributed by atoms with E-state index in [4.69, 9.17) is 5.26 Å². The maximum absolute atomic E-state index is 13.4. The highest BCUT2D eigenvalue weighted by Crippen LogP contribution is 2.38. The van der Waals surface area contributed by atoms with Crippen LogP contribution in [-0.2, 0) is 23.6 Å². The maximum atomic E-state index is 13.4. The number of aromatic nitrogens is 3. The van der Waals surface area contributed by atoms with Crippen molar-refractivity contribution in [2.24, 2.45) is 7.05 Å². The summed E-state index contributed by atoms with van der Waals surface area (Å²) in [6.07, 6.45) is 2.15. The van der Waals surface area contributed by atoms with Gasteiger partial charge in [0.1, 0.15) is 23.5 Å². The molecule has 9 heteroatoms. The van der Waals surface area contributed by atoms with E-state index in [-0.39, 0.29) is 17.0 Å². The third-order valence-corrected chi connectivity index (χ3v) is 5.87. The third kappa shape index (κ3) is 2.90. The first kappa shape index (κ1) is 16.5. The zero-order valence-corrected chi connectivity index (χ0v) is 14.1. The predicted molar refractivity (Wildman–Crippen MR) is 82.7 cm³/mol. The van der Waals surface area contributed by atoms with Crippen molar-refractivity contribution >= 4 is 10.0 Å². The quantitative estimate of drug-likeness (QED) is 0.816. The minimum Gasteiger partial charge on any atom is -0.317 e. The Kier molecular flexibility index (Phi) is 4.11. The van der Waals surface area contributed by atoms with Gasteiger partial charge in [0, 0.05) is 20.0 Å². The Balaban J connectivity index is 1.86. The van der Waals surface area contributed by atoms with Crippen LogP contribution in [0.2, 0.25) is 0 Å². The number of rotatable bonds is 5. The van der Waals surface area contributed by atoms with Crippen LogP contribution in [0.25, 0.3) is 0 Å². The van der Waals surface area contributed by atoms with E-state index < -0.39 is 15.8 Å². The van der Waals surface area contributed by atoms with Crippen molar-refractivity contribution in [2.75, 3.05) is 7.05 Å². The van der Waals surface area contributed by atoms with Crippen molar-refractivity contribution < 1.29 is 12.8 Å². The molecule has 1 aromatic carbocycles. The van der Waals surface area contributed by atoms with Crippen LogP contribution in [0.1, 0.15) is 36.0 Å². The molecule has 0 aliphatic heterocycles. The molecule has 0 unspecified atom stereocenters. The smallest absolute Gasteiger partial charge is 0.243 e. The molecule has 1 heterocycles. The van der Waals surface area contributed by atoms with Crippen LogP contribution in [0.15, 0.2) is 23.1 Å². The van der Waals surface area contributed by atoms with Crippen molar-refractivity contribution in [1.82, 2.24) is 19.1 Å². The number of benzene rings is 1. The summed E-state index contributed by atoms with van der Waals surface area (Å²) in [5.41, 5.74) is -0.306. The van der Waals surface area contributed by atoms with Crippen molar-refractivity contribution in [3.05, 3.63) is 41.2 Å². The van der Waals surface area contributed by atoms with Gasteiger partial charge in [-0.15, -0.1) is 10.2 Å². The molecule has 1 aliphatic carbocycles. The molecule has 0 amide bonds. The van der Waals surface area contributed by atoms with Gasteiger partial charge in [-0.05, 0) is 31.0 Å². The molecular weight excluding hydrogens is 333 g/mol. The second-order valence-electron chi connectivity index (χ2n) is 5.82. The van der Waals surface area contributed by atoms with Crippen LogP contribution >= 0.6 is 0 Å². The van der Waals surface area contributed by atoms with Gasteiger partial charge in [0.2, 0.25) is 10.0 Å². The number of hydrogen-bond acceptors (Lipinski definition) is 5. The molecule has 24 heavy (non-hydrogen) atoms. The van der Waals surface area contributed by atoms with Gasteiger partial charge >= 0.3 is 0 Å². The Morgan fingerprint density at radius 3 is 2.75 bits per heavy atom. The lowest BCUT2D eigenvalue weighted by Gasteiger charge is -2.17. The van der Waals surface area contributed by atoms with Gasteiger partial charge < -0.3 is 4.57 Å². The molecule has 3 rings (SSSR count). The van der Waals surface area contributed by atoms with Gasteiger partial charge in [-0.2, -0.15) is 9.57 Å². The van der Waals surface area contributed by atoms with E-state index in [2.05, 4.69) is 10.2 Å². The highest BCUT2D eigenvalue weighted by atomic mass is 32.2. The number of nitrogens with zero attached hydrogens (tertiary/aromatic N) is 5. The predicted octanol–water partition coefficient (Wildman–Crippen LogP) is 1.52. The molecule has 0 spiro atoms. The van der Waals surface area contributed by atoms with Crippen molar-refractivity contribution in [3.63, 3.8) is 0 Å². The summed E-state index contributed by atoms with van der Waals surface area (Å²) >= 11 is 0. The first-order valence-corrected chi connectivity index (χ1v) is 8.82. The summed E-state index contributed by atoms with van der Waals surface area (Å²) in [6.45, 7) is 0.0395. The summed E-state index contributed by atoms with van der Waals surface area (Å²) in [4.78, 5) is -0.132. The Bertz CT molecular complexity index is 928. The maximum Gasteiger partial charge on any atom is 0.243 e. The number of halogens is 1. The fourth-order valence-electron chi connectivity index (χ4n) is 2.42. The van der Waals surface area contributed by atoms with Gasteiger partial charge in [-0.25, -0.2) is 12.8 Å². The standard InChI is InChI=1S/C15H16FN5O2S/c1-20(9-14-18-19-15(21(14)2)10-3-4-10)24(22,23)12-5-6-13(16)11(7-12)8-17/h5-7,10H,3-4,9H2,1-2H3. The molecule has 1 saturated carbocycles. The van der Waals surface area contributed by atoms with Crippen LogP contribution in [0, 0.1) is 17.1 Å². The molecule has 126 valence electrons. The highest BCUT2D eigenvalue weighted by molar-refractivity contribution is 7.89. The van der Waals surface area contributed by atoms with E-state index in [0.29, 0.717) is 11.7 Å². The van der Waals surface area contributed by atoms with Crippen molar-refractivity contribution in [3.8, 4) is 6.07 Å². The van der Waals surface area contributed by atoms with E-state index in [1.54, 1.807) is 6.07 Å². The van der Waals surface area contributed by atoms with Gasteiger partial charge in [-0.1, -0.05) is 0 Å². The molecule has 0 saturated heterocycles. The third-order valence-electron chi connectivity index (χ3n) is 4.07. The van der Waals surface area contributed by atoms with Crippen molar-refractivity contribution in [1.29, 1.82) is 5.26 Å². The molecule has 7 nitrogen and oxygen atoms in total. The average Bonchev–Trinajstić information content (AvgIpc) is 3.33. The van der Waals surface area contributed by atoms with E-state index >= 15 is 0 Å². The lowest BCUT2D eigenvalue weighted by molar-refractivity contribution is 0.449. The number of sulfonamides is 1. The van der Waals surface area contributed by atoms with E-state index in [9.17, 15) is 12.8 Å². The van der Waals surface area contributed by atoms with E-state index in [0.717, 1.165) is 41.2 Å². The van der Waals surface area contributed by atoms with Crippen molar-refractivity contribution in [2.45, 2.75) is 30.2 Å². The monoisotopic (exact) mass is 349 g/mol. The first-order valence-electron chi connectivity index (χ1n) is 7.38. The van der Waals surface area contributed by atoms with Gasteiger partial charge in [-0.3, -0.25) is 0 Å². The minimum atomic E-state index is -3.86. The highest BCUT2D eigenvalue weighted by Gasteiger charge is 2.30. The normalized spacial score (nSPS) is 14.8. The SMILES string of the molecule is CN(Cc1nnc(C2CC2)n1C)S(=O)(=O)c1ccc(F)c(C#N)c1. The Labute approximate surface area is 139 Å². The van der Waals surface area contributed by atoms with Crippen LogP contribution in [0.5, 0.6) is 0 Å². The van der Waals surface area contributed by atoms with Crippen LogP contribution < -0.4 is 0 Å². The molecule has 0 atom stereocenters. The second-order valence-corrected chi connectivity index (χ2v) is 7.87. The molecule has 0 N–H and O–H groups in total. The zero-order chi connectivity index (χ0) is 17.5. The first-order chi connectivity index (χ1) is 11.3. The van der Waals surface area contributed by atoms with Crippen LogP contribution in [0.3, 0.4) is 0 Å². The van der Waals surface area contributed by atoms with E-state index in [1.807, 2.05) is 11.6 Å². The molecular formula is C15H16FN5O2S. The Hall–Kier alpha value is -2.31. The zero-order valence-electron chi connectivity index (χ0n) is 13.3. The second kappa shape index (κ2) is 5.96. The van der Waals surface area contributed by atoms with Crippen LogP contribution in [-0.4, -0.2) is 34.5 Å².